The third-order valence-electron chi connectivity index (χ3n) is 3.15. The van der Waals surface area contributed by atoms with Gasteiger partial charge in [-0.3, -0.25) is 0 Å². The third kappa shape index (κ3) is 3.42. The van der Waals surface area contributed by atoms with Gasteiger partial charge in [-0.2, -0.15) is 0 Å². The maximum absolute atomic E-state index is 13.4. The minimum atomic E-state index is -0.367. The molecule has 0 aliphatic rings. The van der Waals surface area contributed by atoms with Crippen LogP contribution in [0.4, 0.5) is 10.1 Å². The van der Waals surface area contributed by atoms with Crippen LogP contribution in [0.3, 0.4) is 0 Å². The van der Waals surface area contributed by atoms with Crippen molar-refractivity contribution in [2.24, 2.45) is 0 Å². The van der Waals surface area contributed by atoms with Gasteiger partial charge in [-0.05, 0) is 36.2 Å². The van der Waals surface area contributed by atoms with E-state index in [1.807, 2.05) is 24.3 Å². The minimum absolute atomic E-state index is 0.115. The molecule has 4 heteroatoms. The summed E-state index contributed by atoms with van der Waals surface area (Å²) in [7, 11) is 1.45. The molecule has 0 spiro atoms. The first-order chi connectivity index (χ1) is 9.63. The molecule has 1 unspecified atom stereocenters. The van der Waals surface area contributed by atoms with E-state index in [1.54, 1.807) is 12.1 Å². The number of ether oxygens (including phenoxy) is 1. The molecule has 0 aliphatic heterocycles. The van der Waals surface area contributed by atoms with Crippen molar-refractivity contribution < 1.29 is 9.13 Å². The van der Waals surface area contributed by atoms with Gasteiger partial charge in [-0.25, -0.2) is 4.39 Å². The number of nitrogens with one attached hydrogen (secondary N) is 1. The Morgan fingerprint density at radius 1 is 1.25 bits per heavy atom. The number of anilines is 1. The topological polar surface area (TPSA) is 21.3 Å². The maximum Gasteiger partial charge on any atom is 0.165 e. The molecule has 0 bridgehead atoms. The Hall–Kier alpha value is -1.74. The summed E-state index contributed by atoms with van der Waals surface area (Å²) < 4.78 is 18.4. The van der Waals surface area contributed by atoms with Gasteiger partial charge >= 0.3 is 0 Å². The van der Waals surface area contributed by atoms with Gasteiger partial charge in [-0.1, -0.05) is 30.7 Å². The molecular formula is C16H17ClFNO. The van der Waals surface area contributed by atoms with Crippen LogP contribution in [0.5, 0.6) is 5.75 Å². The molecule has 106 valence electrons. The molecule has 0 aromatic heterocycles. The molecule has 2 rings (SSSR count). The fraction of sp³-hybridized carbons (Fsp3) is 0.250. The highest BCUT2D eigenvalue weighted by Gasteiger charge is 2.11. The second-order valence-corrected chi connectivity index (χ2v) is 4.95. The van der Waals surface area contributed by atoms with E-state index in [0.717, 1.165) is 17.7 Å². The van der Waals surface area contributed by atoms with Crippen molar-refractivity contribution >= 4 is 17.3 Å². The zero-order valence-electron chi connectivity index (χ0n) is 11.5. The highest BCUT2D eigenvalue weighted by molar-refractivity contribution is 6.30. The zero-order chi connectivity index (χ0) is 14.5. The molecule has 0 saturated heterocycles. The zero-order valence-corrected chi connectivity index (χ0v) is 12.2. The van der Waals surface area contributed by atoms with Gasteiger partial charge in [-0.15, -0.1) is 0 Å². The van der Waals surface area contributed by atoms with E-state index < -0.39 is 0 Å². The molecule has 0 radical (unpaired) electrons. The standard InChI is InChI=1S/C16H17ClFNO/c1-3-15(11-5-4-6-12(17)9-11)19-13-7-8-14(18)16(10-13)20-2/h4-10,15,19H,3H2,1-2H3. The molecule has 0 heterocycles. The van der Waals surface area contributed by atoms with E-state index >= 15 is 0 Å². The van der Waals surface area contributed by atoms with Crippen molar-refractivity contribution in [3.63, 3.8) is 0 Å². The SMILES string of the molecule is CCC(Nc1ccc(F)c(OC)c1)c1cccc(Cl)c1. The molecule has 2 nitrogen and oxygen atoms in total. The van der Waals surface area contributed by atoms with Crippen molar-refractivity contribution in [3.8, 4) is 5.75 Å². The van der Waals surface area contributed by atoms with E-state index in [0.29, 0.717) is 5.02 Å². The predicted octanol–water partition coefficient (Wildman–Crippen LogP) is 5.05. The number of benzene rings is 2. The van der Waals surface area contributed by atoms with Gasteiger partial charge in [0.05, 0.1) is 13.2 Å². The van der Waals surface area contributed by atoms with Gasteiger partial charge in [0.15, 0.2) is 11.6 Å². The van der Waals surface area contributed by atoms with E-state index in [4.69, 9.17) is 16.3 Å². The Morgan fingerprint density at radius 2 is 2.05 bits per heavy atom. The van der Waals surface area contributed by atoms with Gasteiger partial charge in [0.1, 0.15) is 0 Å². The molecule has 0 aliphatic carbocycles. The van der Waals surface area contributed by atoms with Crippen LogP contribution in [0, 0.1) is 5.82 Å². The van der Waals surface area contributed by atoms with Gasteiger partial charge < -0.3 is 10.1 Å². The van der Waals surface area contributed by atoms with Crippen molar-refractivity contribution in [1.29, 1.82) is 0 Å². The molecular weight excluding hydrogens is 277 g/mol. The Kier molecular flexibility index (Phi) is 4.85. The predicted molar refractivity (Wildman–Crippen MR) is 81.1 cm³/mol. The molecule has 2 aromatic rings. The van der Waals surface area contributed by atoms with Crippen molar-refractivity contribution in [2.45, 2.75) is 19.4 Å². The number of hydrogen-bond acceptors (Lipinski definition) is 2. The molecule has 1 atom stereocenters. The molecule has 0 saturated carbocycles. The van der Waals surface area contributed by atoms with Crippen LogP contribution in [-0.2, 0) is 0 Å². The summed E-state index contributed by atoms with van der Waals surface area (Å²) in [4.78, 5) is 0. The second-order valence-electron chi connectivity index (χ2n) is 4.51. The van der Waals surface area contributed by atoms with E-state index in [1.165, 1.54) is 13.2 Å². The average molecular weight is 294 g/mol. The monoisotopic (exact) mass is 293 g/mol. The van der Waals surface area contributed by atoms with Gasteiger partial charge in [0.25, 0.3) is 0 Å². The fourth-order valence-electron chi connectivity index (χ4n) is 2.10. The number of rotatable bonds is 5. The number of hydrogen-bond donors (Lipinski definition) is 1. The van der Waals surface area contributed by atoms with E-state index in [-0.39, 0.29) is 17.6 Å². The number of halogens is 2. The maximum atomic E-state index is 13.4. The lowest BCUT2D eigenvalue weighted by Crippen LogP contribution is -2.09. The van der Waals surface area contributed by atoms with Crippen LogP contribution in [0.25, 0.3) is 0 Å². The van der Waals surface area contributed by atoms with E-state index in [9.17, 15) is 4.39 Å². The molecule has 20 heavy (non-hydrogen) atoms. The fourth-order valence-corrected chi connectivity index (χ4v) is 2.29. The Morgan fingerprint density at radius 3 is 2.70 bits per heavy atom. The highest BCUT2D eigenvalue weighted by Crippen LogP contribution is 2.27. The molecule has 0 fully saturated rings. The van der Waals surface area contributed by atoms with Crippen molar-refractivity contribution in [1.82, 2.24) is 0 Å². The van der Waals surface area contributed by atoms with Crippen LogP contribution in [0.15, 0.2) is 42.5 Å². The summed E-state index contributed by atoms with van der Waals surface area (Å²) >= 11 is 6.02. The third-order valence-corrected chi connectivity index (χ3v) is 3.39. The Balaban J connectivity index is 2.22. The molecule has 0 amide bonds. The summed E-state index contributed by atoms with van der Waals surface area (Å²) in [6.45, 7) is 2.08. The Bertz CT molecular complexity index is 588. The normalized spacial score (nSPS) is 12.0. The summed E-state index contributed by atoms with van der Waals surface area (Å²) in [5, 5.41) is 4.08. The van der Waals surface area contributed by atoms with Crippen molar-refractivity contribution in [3.05, 3.63) is 58.9 Å². The average Bonchev–Trinajstić information content (AvgIpc) is 2.46. The lowest BCUT2D eigenvalue weighted by atomic mass is 10.0. The van der Waals surface area contributed by atoms with Crippen LogP contribution < -0.4 is 10.1 Å². The largest absolute Gasteiger partial charge is 0.494 e. The molecule has 2 aromatic carbocycles. The number of methoxy groups -OCH3 is 1. The quantitative estimate of drug-likeness (QED) is 0.833. The second kappa shape index (κ2) is 6.62. The van der Waals surface area contributed by atoms with Crippen LogP contribution in [-0.4, -0.2) is 7.11 Å². The lowest BCUT2D eigenvalue weighted by molar-refractivity contribution is 0.386. The first kappa shape index (κ1) is 14.7. The minimum Gasteiger partial charge on any atom is -0.494 e. The Labute approximate surface area is 123 Å². The van der Waals surface area contributed by atoms with Gasteiger partial charge in [0, 0.05) is 16.8 Å². The summed E-state index contributed by atoms with van der Waals surface area (Å²) in [5.74, 6) is -0.134. The molecule has 1 N–H and O–H groups in total. The summed E-state index contributed by atoms with van der Waals surface area (Å²) in [6, 6.07) is 12.6. The van der Waals surface area contributed by atoms with Crippen LogP contribution in [0.1, 0.15) is 24.9 Å². The van der Waals surface area contributed by atoms with Crippen molar-refractivity contribution in [2.75, 3.05) is 12.4 Å². The smallest absolute Gasteiger partial charge is 0.165 e. The highest BCUT2D eigenvalue weighted by atomic mass is 35.5. The summed E-state index contributed by atoms with van der Waals surface area (Å²) in [5.41, 5.74) is 1.92. The van der Waals surface area contributed by atoms with Gasteiger partial charge in [0.2, 0.25) is 0 Å². The lowest BCUT2D eigenvalue weighted by Gasteiger charge is -2.19. The van der Waals surface area contributed by atoms with E-state index in [2.05, 4.69) is 12.2 Å². The first-order valence-electron chi connectivity index (χ1n) is 6.49. The summed E-state index contributed by atoms with van der Waals surface area (Å²) in [6.07, 6.45) is 0.889. The van der Waals surface area contributed by atoms with Crippen LogP contribution in [0.2, 0.25) is 5.02 Å². The van der Waals surface area contributed by atoms with Crippen LogP contribution >= 0.6 is 11.6 Å². The first-order valence-corrected chi connectivity index (χ1v) is 6.87.